The molecule has 1 amide bonds. The van der Waals surface area contributed by atoms with E-state index in [0.29, 0.717) is 17.1 Å². The predicted molar refractivity (Wildman–Crippen MR) is 73.6 cm³/mol. The summed E-state index contributed by atoms with van der Waals surface area (Å²) in [5.74, 6) is -0.609. The summed E-state index contributed by atoms with van der Waals surface area (Å²) in [7, 11) is 3.93. The number of nitrogens with zero attached hydrogens (tertiary/aromatic N) is 2. The van der Waals surface area contributed by atoms with Gasteiger partial charge in [-0.1, -0.05) is 0 Å². The third kappa shape index (κ3) is 2.91. The zero-order valence-electron chi connectivity index (χ0n) is 10.7. The fraction of sp³-hybridized carbons (Fsp3) is 0.455. The molecular formula is C11H17N5OS. The number of nitriles is 1. The first-order valence-corrected chi connectivity index (χ1v) is 6.22. The minimum absolute atomic E-state index is 0.162. The number of nitrogen functional groups attached to an aromatic ring is 1. The SMILES string of the molecule is CC(CNc1sc(C(N)=O)c(N)c1C#N)N(C)C. The van der Waals surface area contributed by atoms with Crippen molar-refractivity contribution in [3.05, 3.63) is 10.4 Å². The average Bonchev–Trinajstić information content (AvgIpc) is 2.62. The van der Waals surface area contributed by atoms with Crippen molar-refractivity contribution in [3.8, 4) is 6.07 Å². The highest BCUT2D eigenvalue weighted by Crippen LogP contribution is 2.34. The van der Waals surface area contributed by atoms with Crippen LogP contribution in [-0.2, 0) is 0 Å². The number of nitrogens with one attached hydrogen (secondary N) is 1. The van der Waals surface area contributed by atoms with Crippen molar-refractivity contribution in [2.24, 2.45) is 5.73 Å². The van der Waals surface area contributed by atoms with Crippen LogP contribution in [0.1, 0.15) is 22.2 Å². The highest BCUT2D eigenvalue weighted by atomic mass is 32.1. The number of anilines is 2. The van der Waals surface area contributed by atoms with E-state index in [2.05, 4.69) is 5.32 Å². The average molecular weight is 267 g/mol. The van der Waals surface area contributed by atoms with Crippen LogP contribution in [0, 0.1) is 11.3 Å². The van der Waals surface area contributed by atoms with Crippen LogP contribution in [0.3, 0.4) is 0 Å². The Morgan fingerprint density at radius 1 is 1.61 bits per heavy atom. The normalized spacial score (nSPS) is 12.2. The second-order valence-electron chi connectivity index (χ2n) is 4.22. The van der Waals surface area contributed by atoms with E-state index in [1.807, 2.05) is 32.0 Å². The lowest BCUT2D eigenvalue weighted by molar-refractivity contribution is 0.100. The monoisotopic (exact) mass is 267 g/mol. The van der Waals surface area contributed by atoms with Gasteiger partial charge in [-0.05, 0) is 21.0 Å². The van der Waals surface area contributed by atoms with Gasteiger partial charge in [-0.2, -0.15) is 5.26 Å². The van der Waals surface area contributed by atoms with Gasteiger partial charge < -0.3 is 21.7 Å². The minimum atomic E-state index is -0.609. The summed E-state index contributed by atoms with van der Waals surface area (Å²) in [6, 6.07) is 2.28. The summed E-state index contributed by atoms with van der Waals surface area (Å²) in [5.41, 5.74) is 11.4. The number of primary amides is 1. The molecule has 0 aromatic carbocycles. The molecule has 1 aromatic heterocycles. The molecule has 0 radical (unpaired) electrons. The van der Waals surface area contributed by atoms with E-state index >= 15 is 0 Å². The maximum Gasteiger partial charge on any atom is 0.261 e. The van der Waals surface area contributed by atoms with E-state index in [4.69, 9.17) is 16.7 Å². The number of hydrogen-bond donors (Lipinski definition) is 3. The Hall–Kier alpha value is -1.78. The molecule has 0 saturated heterocycles. The van der Waals surface area contributed by atoms with E-state index in [0.717, 1.165) is 11.3 Å². The van der Waals surface area contributed by atoms with Gasteiger partial charge in [0.1, 0.15) is 21.5 Å². The second-order valence-corrected chi connectivity index (χ2v) is 5.24. The van der Waals surface area contributed by atoms with Crippen molar-refractivity contribution >= 4 is 27.9 Å². The molecule has 18 heavy (non-hydrogen) atoms. The van der Waals surface area contributed by atoms with Gasteiger partial charge in [0.2, 0.25) is 0 Å². The number of hydrogen-bond acceptors (Lipinski definition) is 6. The summed E-state index contributed by atoms with van der Waals surface area (Å²) in [6.45, 7) is 2.70. The molecule has 0 aliphatic heterocycles. The Bertz CT molecular complexity index is 488. The largest absolute Gasteiger partial charge is 0.396 e. The van der Waals surface area contributed by atoms with Gasteiger partial charge in [-0.15, -0.1) is 11.3 Å². The molecule has 1 rings (SSSR count). The standard InChI is InChI=1S/C11H17N5OS/c1-6(16(2)3)5-15-11-7(4-12)8(13)9(18-11)10(14)17/h6,15H,5,13H2,1-3H3,(H2,14,17). The van der Waals surface area contributed by atoms with E-state index < -0.39 is 5.91 Å². The molecule has 0 bridgehead atoms. The van der Waals surface area contributed by atoms with Crippen LogP contribution in [0.4, 0.5) is 10.7 Å². The van der Waals surface area contributed by atoms with Crippen LogP contribution in [-0.4, -0.2) is 37.5 Å². The van der Waals surface area contributed by atoms with Gasteiger partial charge in [-0.3, -0.25) is 4.79 Å². The molecule has 7 heteroatoms. The van der Waals surface area contributed by atoms with Gasteiger partial charge in [0.05, 0.1) is 5.69 Å². The van der Waals surface area contributed by atoms with Gasteiger partial charge in [0, 0.05) is 12.6 Å². The lowest BCUT2D eigenvalue weighted by atomic mass is 10.2. The second kappa shape index (κ2) is 5.71. The first kappa shape index (κ1) is 14.3. The van der Waals surface area contributed by atoms with Crippen LogP contribution in [0.2, 0.25) is 0 Å². The maximum atomic E-state index is 11.2. The molecule has 0 aliphatic carbocycles. The van der Waals surface area contributed by atoms with Crippen molar-refractivity contribution in [2.75, 3.05) is 31.7 Å². The number of amides is 1. The highest BCUT2D eigenvalue weighted by Gasteiger charge is 2.19. The zero-order chi connectivity index (χ0) is 13.9. The first-order chi connectivity index (χ1) is 8.38. The molecule has 1 aromatic rings. The molecule has 0 saturated carbocycles. The maximum absolute atomic E-state index is 11.2. The number of thiophene rings is 1. The molecule has 0 fully saturated rings. The molecule has 1 heterocycles. The Morgan fingerprint density at radius 2 is 2.22 bits per heavy atom. The van der Waals surface area contributed by atoms with E-state index in [1.54, 1.807) is 0 Å². The Labute approximate surface area is 110 Å². The summed E-state index contributed by atoms with van der Waals surface area (Å²) in [4.78, 5) is 13.4. The number of carbonyl (C=O) groups is 1. The number of carbonyl (C=O) groups excluding carboxylic acids is 1. The van der Waals surface area contributed by atoms with Gasteiger partial charge in [-0.25, -0.2) is 0 Å². The van der Waals surface area contributed by atoms with Crippen LogP contribution in [0.25, 0.3) is 0 Å². The Balaban J connectivity index is 2.93. The third-order valence-electron chi connectivity index (χ3n) is 2.72. The lowest BCUT2D eigenvalue weighted by Gasteiger charge is -2.20. The molecule has 1 unspecified atom stereocenters. The fourth-order valence-corrected chi connectivity index (χ4v) is 2.22. The van der Waals surface area contributed by atoms with Crippen molar-refractivity contribution in [1.29, 1.82) is 5.26 Å². The molecule has 0 aliphatic rings. The summed E-state index contributed by atoms with van der Waals surface area (Å²) in [6.07, 6.45) is 0. The van der Waals surface area contributed by atoms with Crippen molar-refractivity contribution in [1.82, 2.24) is 4.90 Å². The van der Waals surface area contributed by atoms with E-state index in [9.17, 15) is 4.79 Å². The molecule has 5 N–H and O–H groups in total. The highest BCUT2D eigenvalue weighted by molar-refractivity contribution is 7.18. The van der Waals surface area contributed by atoms with Crippen molar-refractivity contribution in [3.63, 3.8) is 0 Å². The van der Waals surface area contributed by atoms with Gasteiger partial charge >= 0.3 is 0 Å². The Morgan fingerprint density at radius 3 is 2.67 bits per heavy atom. The minimum Gasteiger partial charge on any atom is -0.396 e. The quantitative estimate of drug-likeness (QED) is 0.726. The van der Waals surface area contributed by atoms with Gasteiger partial charge in [0.25, 0.3) is 5.91 Å². The first-order valence-electron chi connectivity index (χ1n) is 5.41. The summed E-state index contributed by atoms with van der Waals surface area (Å²) in [5, 5.41) is 12.8. The van der Waals surface area contributed by atoms with Crippen LogP contribution >= 0.6 is 11.3 Å². The molecule has 98 valence electrons. The number of nitrogens with two attached hydrogens (primary N) is 2. The zero-order valence-corrected chi connectivity index (χ0v) is 11.5. The summed E-state index contributed by atoms with van der Waals surface area (Å²) < 4.78 is 0. The van der Waals surface area contributed by atoms with Crippen LogP contribution < -0.4 is 16.8 Å². The summed E-state index contributed by atoms with van der Waals surface area (Å²) >= 11 is 1.12. The van der Waals surface area contributed by atoms with E-state index in [-0.39, 0.29) is 16.6 Å². The third-order valence-corrected chi connectivity index (χ3v) is 3.90. The van der Waals surface area contributed by atoms with Gasteiger partial charge in [0.15, 0.2) is 0 Å². The van der Waals surface area contributed by atoms with Crippen LogP contribution in [0.15, 0.2) is 0 Å². The molecule has 6 nitrogen and oxygen atoms in total. The van der Waals surface area contributed by atoms with E-state index in [1.165, 1.54) is 0 Å². The smallest absolute Gasteiger partial charge is 0.261 e. The van der Waals surface area contributed by atoms with Crippen LogP contribution in [0.5, 0.6) is 0 Å². The Kier molecular flexibility index (Phi) is 4.53. The molecule has 1 atom stereocenters. The topological polar surface area (TPSA) is 108 Å². The number of rotatable bonds is 5. The predicted octanol–water partition coefficient (Wildman–Crippen LogP) is 0.663. The molecule has 0 spiro atoms. The fourth-order valence-electron chi connectivity index (χ4n) is 1.29. The van der Waals surface area contributed by atoms with Crippen molar-refractivity contribution in [2.45, 2.75) is 13.0 Å². The number of likely N-dealkylation sites (N-methyl/N-ethyl adjacent to an activating group) is 1. The van der Waals surface area contributed by atoms with Crippen molar-refractivity contribution < 1.29 is 4.79 Å². The molecular weight excluding hydrogens is 250 g/mol. The lowest BCUT2D eigenvalue weighted by Crippen LogP contribution is -2.31.